The van der Waals surface area contributed by atoms with Crippen LogP contribution >= 0.6 is 0 Å². The zero-order valence-electron chi connectivity index (χ0n) is 15.9. The summed E-state index contributed by atoms with van der Waals surface area (Å²) < 4.78 is 4.84. The molecule has 0 spiro atoms. The number of hydrogen-bond donors (Lipinski definition) is 1. The van der Waals surface area contributed by atoms with Crippen molar-refractivity contribution < 1.29 is 4.79 Å². The van der Waals surface area contributed by atoms with Crippen LogP contribution in [0.3, 0.4) is 0 Å². The molecule has 0 saturated heterocycles. The third kappa shape index (κ3) is 2.88. The molecule has 1 N–H and O–H groups in total. The number of rotatable bonds is 4. The van der Waals surface area contributed by atoms with E-state index in [9.17, 15) is 9.59 Å². The molecule has 3 heterocycles. The van der Waals surface area contributed by atoms with Gasteiger partial charge in [0.15, 0.2) is 5.82 Å². The summed E-state index contributed by atoms with van der Waals surface area (Å²) in [4.78, 5) is 28.9. The second-order valence-corrected chi connectivity index (χ2v) is 6.65. The predicted octanol–water partition coefficient (Wildman–Crippen LogP) is 1.70. The van der Waals surface area contributed by atoms with Crippen LogP contribution in [0, 0.1) is 6.92 Å². The lowest BCUT2D eigenvalue weighted by Gasteiger charge is -2.07. The Morgan fingerprint density at radius 2 is 1.89 bits per heavy atom. The average molecular weight is 376 g/mol. The maximum absolute atomic E-state index is 12.6. The molecule has 0 aliphatic rings. The van der Waals surface area contributed by atoms with Crippen LogP contribution in [-0.4, -0.2) is 29.8 Å². The van der Waals surface area contributed by atoms with E-state index in [0.717, 1.165) is 22.3 Å². The van der Waals surface area contributed by atoms with Gasteiger partial charge in [-0.05, 0) is 36.8 Å². The van der Waals surface area contributed by atoms with Crippen LogP contribution in [-0.2, 0) is 20.6 Å². The van der Waals surface area contributed by atoms with Gasteiger partial charge in [0.1, 0.15) is 0 Å². The molecule has 3 aromatic heterocycles. The smallest absolute Gasteiger partial charge is 0.328 e. The van der Waals surface area contributed by atoms with Crippen molar-refractivity contribution in [2.75, 3.05) is 0 Å². The van der Waals surface area contributed by atoms with Gasteiger partial charge in [0.05, 0.1) is 28.5 Å². The number of aromatic nitrogens is 5. The number of fused-ring (bicyclic) bond motifs is 1. The van der Waals surface area contributed by atoms with Crippen LogP contribution in [0.5, 0.6) is 0 Å². The average Bonchev–Trinajstić information content (AvgIpc) is 3.20. The van der Waals surface area contributed by atoms with Gasteiger partial charge >= 0.3 is 5.69 Å². The van der Waals surface area contributed by atoms with Gasteiger partial charge in [-0.1, -0.05) is 12.1 Å². The van der Waals surface area contributed by atoms with Gasteiger partial charge in [-0.2, -0.15) is 5.10 Å². The molecule has 28 heavy (non-hydrogen) atoms. The number of carbonyl (C=O) groups is 1. The van der Waals surface area contributed by atoms with Gasteiger partial charge in [0, 0.05) is 26.8 Å². The van der Waals surface area contributed by atoms with Crippen molar-refractivity contribution in [3.8, 4) is 5.82 Å². The Bertz CT molecular complexity index is 1230. The van der Waals surface area contributed by atoms with Gasteiger partial charge in [-0.25, -0.2) is 14.5 Å². The van der Waals surface area contributed by atoms with E-state index in [-0.39, 0.29) is 11.6 Å². The highest BCUT2D eigenvalue weighted by Crippen LogP contribution is 2.15. The second kappa shape index (κ2) is 6.80. The number of aryl methyl sites for hydroxylation is 2. The third-order valence-corrected chi connectivity index (χ3v) is 4.91. The van der Waals surface area contributed by atoms with Crippen molar-refractivity contribution in [1.29, 1.82) is 0 Å². The molecule has 1 amide bonds. The fraction of sp³-hybridized carbons (Fsp3) is 0.200. The maximum atomic E-state index is 12.6. The molecule has 0 atom stereocenters. The standard InChI is InChI=1S/C20H20N6O2/c1-13-15(12-23-26(13)18-6-4-5-9-21-18)19(27)22-11-14-7-8-16-17(10-14)25(3)20(28)24(16)2/h4-10,12H,11H2,1-3H3,(H,22,27). The molecule has 0 bridgehead atoms. The maximum Gasteiger partial charge on any atom is 0.328 e. The molecule has 0 unspecified atom stereocenters. The first kappa shape index (κ1) is 17.7. The van der Waals surface area contributed by atoms with Gasteiger partial charge in [0.25, 0.3) is 5.91 Å². The monoisotopic (exact) mass is 376 g/mol. The normalized spacial score (nSPS) is 11.1. The van der Waals surface area contributed by atoms with E-state index in [0.29, 0.717) is 17.9 Å². The van der Waals surface area contributed by atoms with Crippen molar-refractivity contribution in [3.05, 3.63) is 76.1 Å². The molecule has 8 nitrogen and oxygen atoms in total. The summed E-state index contributed by atoms with van der Waals surface area (Å²) in [7, 11) is 3.48. The van der Waals surface area contributed by atoms with Crippen LogP contribution in [0.1, 0.15) is 21.6 Å². The zero-order chi connectivity index (χ0) is 19.8. The molecule has 142 valence electrons. The minimum atomic E-state index is -0.207. The van der Waals surface area contributed by atoms with Crippen molar-refractivity contribution in [3.63, 3.8) is 0 Å². The fourth-order valence-corrected chi connectivity index (χ4v) is 3.28. The molecule has 0 saturated carbocycles. The summed E-state index contributed by atoms with van der Waals surface area (Å²) in [6.07, 6.45) is 3.23. The number of nitrogens with zero attached hydrogens (tertiary/aromatic N) is 5. The van der Waals surface area contributed by atoms with E-state index < -0.39 is 0 Å². The molecule has 0 fully saturated rings. The molecular formula is C20H20N6O2. The number of carbonyl (C=O) groups excluding carboxylic acids is 1. The first-order chi connectivity index (χ1) is 13.5. The Labute approximate surface area is 161 Å². The van der Waals surface area contributed by atoms with Crippen LogP contribution < -0.4 is 11.0 Å². The lowest BCUT2D eigenvalue weighted by atomic mass is 10.2. The largest absolute Gasteiger partial charge is 0.348 e. The summed E-state index contributed by atoms with van der Waals surface area (Å²) in [6.45, 7) is 2.19. The summed E-state index contributed by atoms with van der Waals surface area (Å²) in [6, 6.07) is 11.3. The highest BCUT2D eigenvalue weighted by molar-refractivity contribution is 5.95. The quantitative estimate of drug-likeness (QED) is 0.587. The van der Waals surface area contributed by atoms with Gasteiger partial charge in [-0.15, -0.1) is 0 Å². The summed E-state index contributed by atoms with van der Waals surface area (Å²) in [5.41, 5.74) is 3.75. The fourth-order valence-electron chi connectivity index (χ4n) is 3.28. The SMILES string of the molecule is Cc1c(C(=O)NCc2ccc3c(c2)n(C)c(=O)n3C)cnn1-c1ccccn1. The van der Waals surface area contributed by atoms with E-state index in [1.165, 1.54) is 0 Å². The van der Waals surface area contributed by atoms with Gasteiger partial charge in [0.2, 0.25) is 0 Å². The van der Waals surface area contributed by atoms with E-state index in [4.69, 9.17) is 0 Å². The number of pyridine rings is 1. The van der Waals surface area contributed by atoms with E-state index in [1.54, 1.807) is 40.3 Å². The minimum Gasteiger partial charge on any atom is -0.348 e. The Kier molecular flexibility index (Phi) is 4.31. The summed E-state index contributed by atoms with van der Waals surface area (Å²) in [5.74, 6) is 0.455. The van der Waals surface area contributed by atoms with E-state index >= 15 is 0 Å². The first-order valence-corrected chi connectivity index (χ1v) is 8.86. The minimum absolute atomic E-state index is 0.0752. The van der Waals surface area contributed by atoms with Crippen molar-refractivity contribution >= 4 is 16.9 Å². The molecule has 4 rings (SSSR count). The Hall–Kier alpha value is -3.68. The number of amides is 1. The number of hydrogen-bond acceptors (Lipinski definition) is 4. The Morgan fingerprint density at radius 3 is 2.64 bits per heavy atom. The van der Waals surface area contributed by atoms with E-state index in [2.05, 4.69) is 15.4 Å². The third-order valence-electron chi connectivity index (χ3n) is 4.91. The zero-order valence-corrected chi connectivity index (χ0v) is 15.9. The lowest BCUT2D eigenvalue weighted by Crippen LogP contribution is -2.23. The number of nitrogens with one attached hydrogen (secondary N) is 1. The van der Waals surface area contributed by atoms with Crippen LogP contribution in [0.2, 0.25) is 0 Å². The number of imidazole rings is 1. The van der Waals surface area contributed by atoms with Crippen molar-refractivity contribution in [2.45, 2.75) is 13.5 Å². The highest BCUT2D eigenvalue weighted by Gasteiger charge is 2.16. The molecule has 0 aliphatic heterocycles. The van der Waals surface area contributed by atoms with Crippen molar-refractivity contribution in [2.24, 2.45) is 14.1 Å². The Balaban J connectivity index is 1.54. The predicted molar refractivity (Wildman–Crippen MR) is 105 cm³/mol. The van der Waals surface area contributed by atoms with Crippen LogP contribution in [0.4, 0.5) is 0 Å². The molecule has 1 aromatic carbocycles. The Morgan fingerprint density at radius 1 is 1.11 bits per heavy atom. The van der Waals surface area contributed by atoms with Crippen molar-refractivity contribution in [1.82, 2.24) is 29.2 Å². The van der Waals surface area contributed by atoms with E-state index in [1.807, 2.05) is 43.3 Å². The molecular weight excluding hydrogens is 356 g/mol. The molecule has 8 heteroatoms. The lowest BCUT2D eigenvalue weighted by molar-refractivity contribution is 0.0950. The van der Waals surface area contributed by atoms with Crippen LogP contribution in [0.25, 0.3) is 16.9 Å². The summed E-state index contributed by atoms with van der Waals surface area (Å²) in [5, 5.41) is 7.20. The topological polar surface area (TPSA) is 86.7 Å². The van der Waals surface area contributed by atoms with Gasteiger partial charge in [-0.3, -0.25) is 13.9 Å². The number of benzene rings is 1. The van der Waals surface area contributed by atoms with Crippen LogP contribution in [0.15, 0.2) is 53.6 Å². The molecule has 0 radical (unpaired) electrons. The second-order valence-electron chi connectivity index (χ2n) is 6.65. The van der Waals surface area contributed by atoms with Gasteiger partial charge < -0.3 is 5.32 Å². The summed E-state index contributed by atoms with van der Waals surface area (Å²) >= 11 is 0. The molecule has 0 aliphatic carbocycles. The first-order valence-electron chi connectivity index (χ1n) is 8.86. The molecule has 4 aromatic rings. The highest BCUT2D eigenvalue weighted by atomic mass is 16.2.